The van der Waals surface area contributed by atoms with Crippen LogP contribution in [0.25, 0.3) is 27.8 Å². The molecule has 1 aliphatic heterocycles. The van der Waals surface area contributed by atoms with Gasteiger partial charge in [-0.05, 0) is 72.1 Å². The van der Waals surface area contributed by atoms with E-state index >= 15 is 0 Å². The zero-order valence-electron chi connectivity index (χ0n) is 28.0. The summed E-state index contributed by atoms with van der Waals surface area (Å²) in [4.78, 5) is 3.53. The van der Waals surface area contributed by atoms with Gasteiger partial charge in [0, 0.05) is 45.0 Å². The second-order valence-electron chi connectivity index (χ2n) is 10.7. The fourth-order valence-electron chi connectivity index (χ4n) is 5.29. The molecule has 7 rings (SSSR count). The van der Waals surface area contributed by atoms with E-state index in [9.17, 15) is 0 Å². The molecule has 3 nitrogen and oxygen atoms in total. The Bertz CT molecular complexity index is 1850. The molecule has 0 atom stereocenters. The van der Waals surface area contributed by atoms with E-state index in [0.717, 1.165) is 29.8 Å². The number of nitrogens with two attached hydrogens (primary N) is 1. The van der Waals surface area contributed by atoms with Crippen LogP contribution in [-0.4, -0.2) is 11.9 Å². The number of likely N-dealkylation sites (N-methyl/N-ethyl adjacent to an activating group) is 1. The molecule has 0 saturated heterocycles. The summed E-state index contributed by atoms with van der Waals surface area (Å²) in [6, 6.07) is 26.3. The highest BCUT2D eigenvalue weighted by molar-refractivity contribution is 7.20. The fraction of sp³-hybridized carbons (Fsp3) is 0.140. The van der Waals surface area contributed by atoms with Gasteiger partial charge in [0.15, 0.2) is 0 Å². The third-order valence-corrected chi connectivity index (χ3v) is 8.79. The Hall–Kier alpha value is -5.12. The van der Waals surface area contributed by atoms with Gasteiger partial charge in [0.25, 0.3) is 0 Å². The van der Waals surface area contributed by atoms with Crippen molar-refractivity contribution in [2.45, 2.75) is 33.6 Å². The molecule has 4 heteroatoms. The summed E-state index contributed by atoms with van der Waals surface area (Å²) < 4.78 is 1.34. The summed E-state index contributed by atoms with van der Waals surface area (Å²) in [7, 11) is 2.12. The summed E-state index contributed by atoms with van der Waals surface area (Å²) in [5.41, 5.74) is 12.6. The van der Waals surface area contributed by atoms with E-state index in [4.69, 9.17) is 5.84 Å². The third-order valence-electron chi connectivity index (χ3n) is 7.58. The van der Waals surface area contributed by atoms with E-state index in [1.54, 1.807) is 11.1 Å². The van der Waals surface area contributed by atoms with E-state index in [1.165, 1.54) is 42.9 Å². The molecular weight excluding hydrogens is 591 g/mol. The molecule has 2 aliphatic carbocycles. The van der Waals surface area contributed by atoms with Gasteiger partial charge in [0.1, 0.15) is 0 Å². The van der Waals surface area contributed by atoms with Gasteiger partial charge in [-0.2, -0.15) is 0 Å². The number of para-hydroxylation sites is 2. The molecule has 0 bridgehead atoms. The lowest BCUT2D eigenvalue weighted by atomic mass is 9.98. The van der Waals surface area contributed by atoms with Crippen molar-refractivity contribution in [3.63, 3.8) is 0 Å². The molecule has 0 unspecified atom stereocenters. The van der Waals surface area contributed by atoms with Crippen LogP contribution in [0.5, 0.6) is 0 Å². The topological polar surface area (TPSA) is 32.5 Å². The zero-order valence-corrected chi connectivity index (χ0v) is 28.8. The van der Waals surface area contributed by atoms with E-state index in [1.807, 2.05) is 91.9 Å². The van der Waals surface area contributed by atoms with Crippen molar-refractivity contribution in [1.29, 1.82) is 0 Å². The Morgan fingerprint density at radius 2 is 1.60 bits per heavy atom. The maximum atomic E-state index is 5.95. The number of rotatable bonds is 5. The minimum Gasteiger partial charge on any atom is -0.350 e. The number of nitrogens with zero attached hydrogens (tertiary/aromatic N) is 2. The van der Waals surface area contributed by atoms with Gasteiger partial charge in [0.05, 0.1) is 11.4 Å². The number of benzene rings is 3. The first-order valence-corrected chi connectivity index (χ1v) is 17.0. The molecule has 0 radical (unpaired) electrons. The molecule has 4 aromatic rings. The lowest BCUT2D eigenvalue weighted by Crippen LogP contribution is -2.24. The maximum Gasteiger partial charge on any atom is 0.0575 e. The Morgan fingerprint density at radius 1 is 0.915 bits per heavy atom. The summed E-state index contributed by atoms with van der Waals surface area (Å²) in [5.74, 6) is 5.95. The monoisotopic (exact) mass is 635 g/mol. The van der Waals surface area contributed by atoms with Crippen LogP contribution in [-0.2, 0) is 0 Å². The summed E-state index contributed by atoms with van der Waals surface area (Å²) in [6.45, 7) is 13.9. The Morgan fingerprint density at radius 3 is 2.21 bits per heavy atom. The summed E-state index contributed by atoms with van der Waals surface area (Å²) in [5, 5.41) is 2.98. The van der Waals surface area contributed by atoms with Gasteiger partial charge in [0.2, 0.25) is 0 Å². The largest absolute Gasteiger partial charge is 0.350 e. The zero-order chi connectivity index (χ0) is 33.6. The number of allylic oxidation sites excluding steroid dienone is 10. The Balaban J connectivity index is 0.000000192. The molecule has 2 N–H and O–H groups in total. The number of hydrazine groups is 1. The van der Waals surface area contributed by atoms with E-state index in [2.05, 4.69) is 105 Å². The summed E-state index contributed by atoms with van der Waals surface area (Å²) >= 11 is 1.85. The van der Waals surface area contributed by atoms with Crippen LogP contribution in [0, 0.1) is 0 Å². The molecule has 0 spiro atoms. The van der Waals surface area contributed by atoms with Crippen LogP contribution in [0.3, 0.4) is 0 Å². The van der Waals surface area contributed by atoms with Gasteiger partial charge in [-0.1, -0.05) is 125 Å². The van der Waals surface area contributed by atoms with Gasteiger partial charge in [-0.15, -0.1) is 17.1 Å². The molecule has 2 heterocycles. The predicted octanol–water partition coefficient (Wildman–Crippen LogP) is 12.0. The average molecular weight is 636 g/mol. The van der Waals surface area contributed by atoms with Crippen molar-refractivity contribution in [3.8, 4) is 0 Å². The van der Waals surface area contributed by atoms with Crippen LogP contribution in [0.1, 0.15) is 49.6 Å². The highest BCUT2D eigenvalue weighted by atomic mass is 32.1. The Kier molecular flexibility index (Phi) is 13.0. The van der Waals surface area contributed by atoms with Gasteiger partial charge in [-0.3, -0.25) is 5.01 Å². The van der Waals surface area contributed by atoms with Crippen molar-refractivity contribution < 1.29 is 0 Å². The minimum absolute atomic E-state index is 0.970. The number of fused-ring (bicyclic) bond motifs is 3. The molecule has 3 aromatic carbocycles. The SMILES string of the molecule is C=C/C=C\CC.C=C1/C=C\C(c2cccc3c4c(sc23)C=C=C4)=C/N(C)C2=C1CC=C2.CC.NN(c1ccccc1)c1ccccc1. The molecule has 0 amide bonds. The first-order chi connectivity index (χ1) is 23.0. The number of thiophene rings is 1. The predicted molar refractivity (Wildman–Crippen MR) is 209 cm³/mol. The van der Waals surface area contributed by atoms with Crippen molar-refractivity contribution in [3.05, 3.63) is 179 Å². The molecule has 1 aromatic heterocycles. The highest BCUT2D eigenvalue weighted by Crippen LogP contribution is 2.40. The maximum absolute atomic E-state index is 5.95. The highest BCUT2D eigenvalue weighted by Gasteiger charge is 2.19. The van der Waals surface area contributed by atoms with Crippen molar-refractivity contribution in [2.75, 3.05) is 12.1 Å². The van der Waals surface area contributed by atoms with Crippen LogP contribution < -0.4 is 10.9 Å². The molecular formula is C43H45N3S. The van der Waals surface area contributed by atoms with E-state index in [0.29, 0.717) is 0 Å². The van der Waals surface area contributed by atoms with Crippen molar-refractivity contribution in [2.24, 2.45) is 5.84 Å². The lowest BCUT2D eigenvalue weighted by Gasteiger charge is -2.21. The van der Waals surface area contributed by atoms with Gasteiger partial charge < -0.3 is 4.90 Å². The first-order valence-electron chi connectivity index (χ1n) is 16.1. The van der Waals surface area contributed by atoms with Crippen LogP contribution in [0.15, 0.2) is 163 Å². The molecule has 47 heavy (non-hydrogen) atoms. The third kappa shape index (κ3) is 8.58. The molecule has 3 aliphatic rings. The standard InChI is InChI=1S/C23H17NS.C12H12N2.C6H10.C2H6/c1-15-12-13-16(14-24(2)21-10-4-6-17(15)21)18-7-3-9-20-19-8-5-11-22(19)25-23(18)20;13-14(11-7-3-1-4-8-11)12-9-5-2-6-10-12;1-3-5-6-4-2;1-2/h3-4,7-14H,1,6H2,2H3;1-10H,13H2;3,5-6H,1,4H2,2H3;1-2H3/b13-12-,16-14+;;6-5-;. The van der Waals surface area contributed by atoms with Crippen LogP contribution >= 0.6 is 11.3 Å². The van der Waals surface area contributed by atoms with Crippen LogP contribution in [0.4, 0.5) is 11.4 Å². The number of hydrogen-bond donors (Lipinski definition) is 1. The summed E-state index contributed by atoms with van der Waals surface area (Å²) in [6.07, 6.45) is 23.0. The molecule has 238 valence electrons. The first kappa shape index (κ1) is 34.7. The molecule has 0 fully saturated rings. The van der Waals surface area contributed by atoms with Crippen molar-refractivity contribution >= 4 is 50.5 Å². The van der Waals surface area contributed by atoms with Gasteiger partial charge in [-0.25, -0.2) is 5.84 Å². The Labute approximate surface area is 285 Å². The van der Waals surface area contributed by atoms with Crippen LogP contribution in [0.2, 0.25) is 0 Å². The quantitative estimate of drug-likeness (QED) is 0.0902. The van der Waals surface area contributed by atoms with Gasteiger partial charge >= 0.3 is 0 Å². The van der Waals surface area contributed by atoms with E-state index < -0.39 is 0 Å². The number of anilines is 2. The lowest BCUT2D eigenvalue weighted by molar-refractivity contribution is 0.586. The second kappa shape index (κ2) is 17.5. The normalized spacial score (nSPS) is 15.6. The smallest absolute Gasteiger partial charge is 0.0575 e. The minimum atomic E-state index is 0.970. The van der Waals surface area contributed by atoms with Crippen molar-refractivity contribution in [1.82, 2.24) is 4.90 Å². The van der Waals surface area contributed by atoms with E-state index in [-0.39, 0.29) is 0 Å². The fourth-order valence-corrected chi connectivity index (χ4v) is 6.50. The number of hydrogen-bond acceptors (Lipinski definition) is 4. The molecule has 0 saturated carbocycles. The second-order valence-corrected chi connectivity index (χ2v) is 11.7. The average Bonchev–Trinajstić information content (AvgIpc) is 3.88.